The van der Waals surface area contributed by atoms with Gasteiger partial charge >= 0.3 is 0 Å². The zero-order chi connectivity index (χ0) is 23.7. The average molecular weight is 469 g/mol. The summed E-state index contributed by atoms with van der Waals surface area (Å²) in [6.07, 6.45) is 1.16. The summed E-state index contributed by atoms with van der Waals surface area (Å²) in [4.78, 5) is 12.4. The van der Waals surface area contributed by atoms with Gasteiger partial charge in [-0.05, 0) is 35.4 Å². The summed E-state index contributed by atoms with van der Waals surface area (Å²) >= 11 is 0. The summed E-state index contributed by atoms with van der Waals surface area (Å²) in [6, 6.07) is 23.6. The van der Waals surface area contributed by atoms with Gasteiger partial charge in [-0.25, -0.2) is 8.42 Å². The maximum Gasteiger partial charge on any atom is 0.251 e. The molecular formula is C25H28N2O5S. The van der Waals surface area contributed by atoms with Gasteiger partial charge in [0.15, 0.2) is 0 Å². The number of ether oxygens (including phenoxy) is 2. The second-order valence-corrected chi connectivity index (χ2v) is 9.37. The fraction of sp³-hybridized carbons (Fsp3) is 0.240. The molecule has 1 N–H and O–H groups in total. The molecule has 8 heteroatoms. The lowest BCUT2D eigenvalue weighted by atomic mass is 10.1. The Bertz CT molecular complexity index is 1150. The van der Waals surface area contributed by atoms with Gasteiger partial charge in [0.1, 0.15) is 5.75 Å². The van der Waals surface area contributed by atoms with Crippen molar-refractivity contribution in [3.8, 4) is 5.75 Å². The molecule has 174 valence electrons. The number of rotatable bonds is 11. The highest BCUT2D eigenvalue weighted by atomic mass is 32.2. The largest absolute Gasteiger partial charge is 0.497 e. The Kier molecular flexibility index (Phi) is 8.46. The van der Waals surface area contributed by atoms with E-state index in [1.54, 1.807) is 48.5 Å². The summed E-state index contributed by atoms with van der Waals surface area (Å²) in [5, 5.41) is 2.82. The average Bonchev–Trinajstić information content (AvgIpc) is 2.82. The number of hydrogen-bond acceptors (Lipinski definition) is 5. The number of nitrogens with zero attached hydrogens (tertiary/aromatic N) is 1. The van der Waals surface area contributed by atoms with Crippen LogP contribution in [0.25, 0.3) is 0 Å². The number of sulfonamides is 1. The highest BCUT2D eigenvalue weighted by molar-refractivity contribution is 7.92. The van der Waals surface area contributed by atoms with Crippen molar-refractivity contribution in [2.24, 2.45) is 0 Å². The Balaban J connectivity index is 1.55. The van der Waals surface area contributed by atoms with Crippen LogP contribution < -0.4 is 14.4 Å². The molecule has 0 aliphatic carbocycles. The third-order valence-electron chi connectivity index (χ3n) is 4.93. The summed E-state index contributed by atoms with van der Waals surface area (Å²) in [5.41, 5.74) is 2.84. The van der Waals surface area contributed by atoms with E-state index in [-0.39, 0.29) is 12.5 Å². The van der Waals surface area contributed by atoms with Crippen molar-refractivity contribution >= 4 is 21.6 Å². The first-order valence-electron chi connectivity index (χ1n) is 10.5. The molecule has 3 aromatic rings. The van der Waals surface area contributed by atoms with E-state index >= 15 is 0 Å². The molecule has 0 aliphatic heterocycles. The lowest BCUT2D eigenvalue weighted by molar-refractivity contribution is 0.0901. The predicted molar refractivity (Wildman–Crippen MR) is 129 cm³/mol. The van der Waals surface area contributed by atoms with Crippen LogP contribution in [0.3, 0.4) is 0 Å². The molecule has 7 nitrogen and oxygen atoms in total. The fourth-order valence-corrected chi connectivity index (χ4v) is 4.08. The SMILES string of the molecule is COc1cccc(N(Cc2ccc(C(=O)NCCOCc3ccccc3)cc2)S(C)(=O)=O)c1. The Hall–Kier alpha value is -3.36. The van der Waals surface area contributed by atoms with Crippen molar-refractivity contribution in [3.63, 3.8) is 0 Å². The number of anilines is 1. The summed E-state index contributed by atoms with van der Waals surface area (Å²) in [7, 11) is -1.99. The Morgan fingerprint density at radius 3 is 2.33 bits per heavy atom. The van der Waals surface area contributed by atoms with E-state index in [1.807, 2.05) is 30.3 Å². The number of hydrogen-bond donors (Lipinski definition) is 1. The van der Waals surface area contributed by atoms with Crippen LogP contribution in [-0.4, -0.2) is 40.8 Å². The van der Waals surface area contributed by atoms with E-state index in [1.165, 1.54) is 11.4 Å². The molecule has 0 atom stereocenters. The van der Waals surface area contributed by atoms with Gasteiger partial charge in [0.25, 0.3) is 5.91 Å². The maximum absolute atomic E-state index is 12.4. The van der Waals surface area contributed by atoms with Crippen LogP contribution in [0.5, 0.6) is 5.75 Å². The van der Waals surface area contributed by atoms with Crippen LogP contribution in [0.2, 0.25) is 0 Å². The van der Waals surface area contributed by atoms with E-state index in [0.717, 1.165) is 17.4 Å². The van der Waals surface area contributed by atoms with Gasteiger partial charge in [-0.1, -0.05) is 48.5 Å². The number of carbonyl (C=O) groups is 1. The molecule has 0 bridgehead atoms. The number of carbonyl (C=O) groups excluding carboxylic acids is 1. The van der Waals surface area contributed by atoms with E-state index in [9.17, 15) is 13.2 Å². The molecule has 3 aromatic carbocycles. The highest BCUT2D eigenvalue weighted by Gasteiger charge is 2.18. The van der Waals surface area contributed by atoms with E-state index in [0.29, 0.717) is 36.8 Å². The van der Waals surface area contributed by atoms with Gasteiger partial charge < -0.3 is 14.8 Å². The summed E-state index contributed by atoms with van der Waals surface area (Å²) in [5.74, 6) is 0.360. The van der Waals surface area contributed by atoms with Crippen LogP contribution in [0.4, 0.5) is 5.69 Å². The summed E-state index contributed by atoms with van der Waals surface area (Å²) < 4.78 is 36.8. The second kappa shape index (κ2) is 11.5. The first-order chi connectivity index (χ1) is 15.9. The Morgan fingerprint density at radius 1 is 0.939 bits per heavy atom. The normalized spacial score (nSPS) is 11.1. The van der Waals surface area contributed by atoms with Gasteiger partial charge in [-0.3, -0.25) is 9.10 Å². The number of methoxy groups -OCH3 is 1. The standard InChI is InChI=1S/C25H28N2O5S/c1-31-24-10-6-9-23(17-24)27(33(2,29)30)18-20-11-13-22(14-12-20)25(28)26-15-16-32-19-21-7-4-3-5-8-21/h3-14,17H,15-16,18-19H2,1-2H3,(H,26,28). The minimum atomic E-state index is -3.52. The van der Waals surface area contributed by atoms with Gasteiger partial charge in [0.05, 0.1) is 38.8 Å². The van der Waals surface area contributed by atoms with Crippen molar-refractivity contribution < 1.29 is 22.7 Å². The van der Waals surface area contributed by atoms with Crippen LogP contribution in [-0.2, 0) is 27.9 Å². The molecule has 0 spiro atoms. The van der Waals surface area contributed by atoms with Crippen molar-refractivity contribution in [1.82, 2.24) is 5.32 Å². The minimum Gasteiger partial charge on any atom is -0.497 e. The molecule has 3 rings (SSSR count). The van der Waals surface area contributed by atoms with E-state index in [2.05, 4.69) is 5.32 Å². The Morgan fingerprint density at radius 2 is 1.67 bits per heavy atom. The van der Waals surface area contributed by atoms with Gasteiger partial charge in [0.2, 0.25) is 10.0 Å². The number of nitrogens with one attached hydrogen (secondary N) is 1. The molecule has 0 saturated heterocycles. The minimum absolute atomic E-state index is 0.140. The second-order valence-electron chi connectivity index (χ2n) is 7.46. The van der Waals surface area contributed by atoms with Crippen LogP contribution in [0, 0.1) is 0 Å². The monoisotopic (exact) mass is 468 g/mol. The van der Waals surface area contributed by atoms with Gasteiger partial charge in [-0.15, -0.1) is 0 Å². The topological polar surface area (TPSA) is 84.9 Å². The lowest BCUT2D eigenvalue weighted by Crippen LogP contribution is -2.29. The molecule has 0 fully saturated rings. The van der Waals surface area contributed by atoms with Crippen molar-refractivity contribution in [2.75, 3.05) is 30.8 Å². The smallest absolute Gasteiger partial charge is 0.251 e. The third-order valence-corrected chi connectivity index (χ3v) is 6.07. The molecule has 0 radical (unpaired) electrons. The highest BCUT2D eigenvalue weighted by Crippen LogP contribution is 2.25. The molecule has 0 unspecified atom stereocenters. The zero-order valence-corrected chi connectivity index (χ0v) is 19.5. The first kappa shape index (κ1) is 24.3. The van der Waals surface area contributed by atoms with Crippen LogP contribution >= 0.6 is 0 Å². The molecule has 33 heavy (non-hydrogen) atoms. The third kappa shape index (κ3) is 7.34. The van der Waals surface area contributed by atoms with Crippen LogP contribution in [0.1, 0.15) is 21.5 Å². The van der Waals surface area contributed by atoms with Crippen molar-refractivity contribution in [2.45, 2.75) is 13.2 Å². The van der Waals surface area contributed by atoms with Crippen LogP contribution in [0.15, 0.2) is 78.9 Å². The number of amides is 1. The number of benzene rings is 3. The van der Waals surface area contributed by atoms with E-state index < -0.39 is 10.0 Å². The molecular weight excluding hydrogens is 440 g/mol. The van der Waals surface area contributed by atoms with Gasteiger partial charge in [0, 0.05) is 18.2 Å². The molecule has 0 saturated carbocycles. The maximum atomic E-state index is 12.4. The molecule has 0 aliphatic rings. The summed E-state index contributed by atoms with van der Waals surface area (Å²) in [6.45, 7) is 1.43. The predicted octanol–water partition coefficient (Wildman–Crippen LogP) is 3.61. The molecule has 0 aromatic heterocycles. The van der Waals surface area contributed by atoms with E-state index in [4.69, 9.17) is 9.47 Å². The Labute approximate surface area is 195 Å². The van der Waals surface area contributed by atoms with Crippen molar-refractivity contribution in [1.29, 1.82) is 0 Å². The first-order valence-corrected chi connectivity index (χ1v) is 12.3. The fourth-order valence-electron chi connectivity index (χ4n) is 3.20. The molecule has 0 heterocycles. The lowest BCUT2D eigenvalue weighted by Gasteiger charge is -2.23. The van der Waals surface area contributed by atoms with Crippen molar-refractivity contribution in [3.05, 3.63) is 95.6 Å². The zero-order valence-electron chi connectivity index (χ0n) is 18.7. The quantitative estimate of drug-likeness (QED) is 0.435. The van der Waals surface area contributed by atoms with Gasteiger partial charge in [-0.2, -0.15) is 0 Å². The molecule has 1 amide bonds.